The van der Waals surface area contributed by atoms with Gasteiger partial charge in [0.25, 0.3) is 0 Å². The van der Waals surface area contributed by atoms with Crippen molar-refractivity contribution >= 4 is 60.6 Å². The third kappa shape index (κ3) is 1.29. The van der Waals surface area contributed by atoms with Gasteiger partial charge < -0.3 is 20.7 Å². The molecule has 6 aromatic rings. The van der Waals surface area contributed by atoms with Crippen molar-refractivity contribution in [1.29, 1.82) is 0 Å². The number of hydrogen-bond acceptors (Lipinski definition) is 2. The van der Waals surface area contributed by atoms with Crippen molar-refractivity contribution in [1.82, 2.24) is 19.9 Å². The zero-order chi connectivity index (χ0) is 15.8. The molecule has 0 aliphatic heterocycles. The molecule has 114 valence electrons. The zero-order valence-corrected chi connectivity index (χ0v) is 12.6. The van der Waals surface area contributed by atoms with Gasteiger partial charge in [-0.2, -0.15) is 0 Å². The summed E-state index contributed by atoms with van der Waals surface area (Å²) in [6.07, 6.45) is 0. The van der Waals surface area contributed by atoms with Gasteiger partial charge in [-0.15, -0.1) is 0 Å². The third-order valence-electron chi connectivity index (χ3n) is 4.87. The fourth-order valence-corrected chi connectivity index (χ4v) is 3.92. The number of rotatable bonds is 0. The Hall–Kier alpha value is -3.47. The maximum Gasteiger partial charge on any atom is 0.198 e. The lowest BCUT2D eigenvalue weighted by Crippen LogP contribution is -1.84. The van der Waals surface area contributed by atoms with Crippen LogP contribution in [0, 0.1) is 0 Å². The maximum absolute atomic E-state index is 5.99. The first-order chi connectivity index (χ1) is 11.8. The molecule has 0 fully saturated rings. The monoisotopic (exact) mass is 311 g/mol. The number of nitrogens with one attached hydrogen (secondary N) is 3. The van der Waals surface area contributed by atoms with E-state index in [4.69, 9.17) is 5.73 Å². The lowest BCUT2D eigenvalue weighted by atomic mass is 10.1. The first kappa shape index (κ1) is 12.0. The largest absolute Gasteiger partial charge is 0.369 e. The van der Waals surface area contributed by atoms with E-state index in [-0.39, 0.29) is 0 Å². The van der Waals surface area contributed by atoms with E-state index in [1.807, 2.05) is 12.1 Å². The minimum atomic E-state index is 0.433. The van der Waals surface area contributed by atoms with Gasteiger partial charge in [-0.1, -0.05) is 36.4 Å². The second kappa shape index (κ2) is 3.89. The molecule has 0 aliphatic rings. The van der Waals surface area contributed by atoms with Crippen molar-refractivity contribution < 1.29 is 0 Å². The normalized spacial score (nSPS) is 12.3. The highest BCUT2D eigenvalue weighted by Crippen LogP contribution is 2.40. The average molecular weight is 311 g/mol. The van der Waals surface area contributed by atoms with Crippen molar-refractivity contribution in [2.45, 2.75) is 0 Å². The molecule has 0 radical (unpaired) electrons. The van der Waals surface area contributed by atoms with E-state index < -0.39 is 0 Å². The van der Waals surface area contributed by atoms with Gasteiger partial charge in [0.15, 0.2) is 5.95 Å². The molecule has 0 saturated heterocycles. The lowest BCUT2D eigenvalue weighted by Gasteiger charge is -1.98. The Balaban J connectivity index is 2.08. The summed E-state index contributed by atoms with van der Waals surface area (Å²) in [6, 6.07) is 16.7. The van der Waals surface area contributed by atoms with Gasteiger partial charge in [0.05, 0.1) is 16.6 Å². The number of hydrogen-bond donors (Lipinski definition) is 4. The number of fused-ring (bicyclic) bond motifs is 10. The molecule has 5 N–H and O–H groups in total. The number of nitrogens with zero attached hydrogens (tertiary/aromatic N) is 1. The number of aromatic nitrogens is 4. The summed E-state index contributed by atoms with van der Waals surface area (Å²) in [7, 11) is 0. The van der Waals surface area contributed by atoms with Crippen LogP contribution in [0.5, 0.6) is 0 Å². The Morgan fingerprint density at radius 3 is 2.04 bits per heavy atom. The average Bonchev–Trinajstić information content (AvgIpc) is 3.25. The van der Waals surface area contributed by atoms with Crippen LogP contribution in [0.25, 0.3) is 54.6 Å². The highest BCUT2D eigenvalue weighted by atomic mass is 15.0. The molecule has 0 spiro atoms. The molecular weight excluding hydrogens is 298 g/mol. The number of H-pyrrole nitrogens is 3. The molecule has 5 nitrogen and oxygen atoms in total. The minimum absolute atomic E-state index is 0.433. The second-order valence-electron chi connectivity index (χ2n) is 6.19. The summed E-state index contributed by atoms with van der Waals surface area (Å²) in [5.74, 6) is 0.433. The lowest BCUT2D eigenvalue weighted by molar-refractivity contribution is 1.36. The van der Waals surface area contributed by atoms with E-state index in [1.54, 1.807) is 0 Å². The van der Waals surface area contributed by atoms with Gasteiger partial charge in [0, 0.05) is 32.6 Å². The van der Waals surface area contributed by atoms with Crippen molar-refractivity contribution in [3.05, 3.63) is 48.5 Å². The van der Waals surface area contributed by atoms with E-state index in [9.17, 15) is 0 Å². The molecule has 3 heterocycles. The number of nitrogen functional groups attached to an aromatic ring is 1. The Labute approximate surface area is 135 Å². The molecule has 24 heavy (non-hydrogen) atoms. The van der Waals surface area contributed by atoms with E-state index in [1.165, 1.54) is 10.8 Å². The van der Waals surface area contributed by atoms with Crippen LogP contribution < -0.4 is 5.73 Å². The van der Waals surface area contributed by atoms with E-state index >= 15 is 0 Å². The molecule has 3 aromatic heterocycles. The second-order valence-corrected chi connectivity index (χ2v) is 6.19. The molecule has 0 aliphatic carbocycles. The SMILES string of the molecule is Nc1nc2c([nH]1)c1[nH]c3ccccc3c1c1[nH]c3ccccc3c21. The van der Waals surface area contributed by atoms with Crippen LogP contribution in [0.2, 0.25) is 0 Å². The van der Waals surface area contributed by atoms with Gasteiger partial charge in [0.2, 0.25) is 0 Å². The van der Waals surface area contributed by atoms with Crippen LogP contribution in [-0.4, -0.2) is 19.9 Å². The number of anilines is 1. The number of nitrogens with two attached hydrogens (primary N) is 1. The van der Waals surface area contributed by atoms with Gasteiger partial charge in [0.1, 0.15) is 5.52 Å². The first-order valence-corrected chi connectivity index (χ1v) is 7.89. The van der Waals surface area contributed by atoms with Gasteiger partial charge >= 0.3 is 0 Å². The first-order valence-electron chi connectivity index (χ1n) is 7.89. The Morgan fingerprint density at radius 2 is 1.29 bits per heavy atom. The maximum atomic E-state index is 5.99. The smallest absolute Gasteiger partial charge is 0.198 e. The number of para-hydroxylation sites is 2. The minimum Gasteiger partial charge on any atom is -0.369 e. The quantitative estimate of drug-likeness (QED) is 0.335. The van der Waals surface area contributed by atoms with Crippen LogP contribution in [0.4, 0.5) is 5.95 Å². The van der Waals surface area contributed by atoms with Gasteiger partial charge in [-0.05, 0) is 12.1 Å². The third-order valence-corrected chi connectivity index (χ3v) is 4.87. The molecule has 5 heteroatoms. The van der Waals surface area contributed by atoms with Crippen molar-refractivity contribution in [2.75, 3.05) is 5.73 Å². The molecule has 0 unspecified atom stereocenters. The Morgan fingerprint density at radius 1 is 0.667 bits per heavy atom. The number of benzene rings is 3. The summed E-state index contributed by atoms with van der Waals surface area (Å²) >= 11 is 0. The van der Waals surface area contributed by atoms with Crippen LogP contribution in [0.15, 0.2) is 48.5 Å². The summed E-state index contributed by atoms with van der Waals surface area (Å²) < 4.78 is 0. The van der Waals surface area contributed by atoms with Gasteiger partial charge in [-0.3, -0.25) is 0 Å². The molecule has 0 saturated carbocycles. The summed E-state index contributed by atoms with van der Waals surface area (Å²) in [5, 5.41) is 4.65. The molecule has 0 atom stereocenters. The Kier molecular flexibility index (Phi) is 1.95. The van der Waals surface area contributed by atoms with Crippen LogP contribution >= 0.6 is 0 Å². The van der Waals surface area contributed by atoms with Crippen LogP contribution in [-0.2, 0) is 0 Å². The fraction of sp³-hybridized carbons (Fsp3) is 0. The molecule has 6 rings (SSSR count). The van der Waals surface area contributed by atoms with Crippen molar-refractivity contribution in [3.8, 4) is 0 Å². The number of imidazole rings is 1. The standard InChI is InChI=1S/C19H13N5/c20-19-23-17-14-9-5-1-3-7-11(9)21-15(14)13-10-6-2-4-8-12(10)22-16(13)18(17)24-19/h1-8,21-22H,(H3,20,23,24). The highest BCUT2D eigenvalue weighted by Gasteiger charge is 2.19. The predicted octanol–water partition coefficient (Wildman–Crippen LogP) is 4.41. The van der Waals surface area contributed by atoms with Crippen LogP contribution in [0.1, 0.15) is 0 Å². The summed E-state index contributed by atoms with van der Waals surface area (Å²) in [4.78, 5) is 14.9. The number of aromatic amines is 3. The van der Waals surface area contributed by atoms with Crippen LogP contribution in [0.3, 0.4) is 0 Å². The summed E-state index contributed by atoms with van der Waals surface area (Å²) in [6.45, 7) is 0. The fourth-order valence-electron chi connectivity index (χ4n) is 3.92. The molecule has 0 amide bonds. The van der Waals surface area contributed by atoms with Crippen molar-refractivity contribution in [2.24, 2.45) is 0 Å². The highest BCUT2D eigenvalue weighted by molar-refractivity contribution is 6.34. The van der Waals surface area contributed by atoms with Gasteiger partial charge in [-0.25, -0.2) is 4.98 Å². The summed E-state index contributed by atoms with van der Waals surface area (Å²) in [5.41, 5.74) is 12.2. The Bertz CT molecular complexity index is 1410. The topological polar surface area (TPSA) is 86.3 Å². The molecule has 0 bridgehead atoms. The predicted molar refractivity (Wildman–Crippen MR) is 99.2 cm³/mol. The molecular formula is C19H13N5. The van der Waals surface area contributed by atoms with E-state index in [0.29, 0.717) is 5.95 Å². The van der Waals surface area contributed by atoms with E-state index in [0.717, 1.165) is 43.9 Å². The van der Waals surface area contributed by atoms with Crippen molar-refractivity contribution in [3.63, 3.8) is 0 Å². The molecule has 3 aromatic carbocycles. The zero-order valence-electron chi connectivity index (χ0n) is 12.6. The van der Waals surface area contributed by atoms with E-state index in [2.05, 4.69) is 56.3 Å².